The third kappa shape index (κ3) is 2.55. The van der Waals surface area contributed by atoms with E-state index < -0.39 is 0 Å². The second-order valence-corrected chi connectivity index (χ2v) is 5.74. The van der Waals surface area contributed by atoms with Crippen LogP contribution in [0.15, 0.2) is 36.7 Å². The van der Waals surface area contributed by atoms with Crippen LogP contribution < -0.4 is 5.32 Å². The summed E-state index contributed by atoms with van der Waals surface area (Å²) >= 11 is 0. The third-order valence-electron chi connectivity index (χ3n) is 3.13. The minimum atomic E-state index is 0.0814. The lowest BCUT2D eigenvalue weighted by Crippen LogP contribution is -2.23. The highest BCUT2D eigenvalue weighted by atomic mass is 15.2. The van der Waals surface area contributed by atoms with E-state index in [0.29, 0.717) is 0 Å². The van der Waals surface area contributed by atoms with Gasteiger partial charge in [-0.05, 0) is 5.56 Å². The van der Waals surface area contributed by atoms with Gasteiger partial charge in [0, 0.05) is 36.3 Å². The quantitative estimate of drug-likeness (QED) is 0.897. The fraction of sp³-hybridized carbons (Fsp3) is 0.400. The number of aromatic nitrogens is 2. The zero-order chi connectivity index (χ0) is 13.3. The van der Waals surface area contributed by atoms with E-state index in [2.05, 4.69) is 56.0 Å². The molecule has 0 saturated carbocycles. The molecule has 1 aromatic carbocycles. The summed E-state index contributed by atoms with van der Waals surface area (Å²) in [6.07, 6.45) is 2.04. The van der Waals surface area contributed by atoms with Crippen molar-refractivity contribution in [2.75, 3.05) is 0 Å². The molecule has 0 aliphatic rings. The van der Waals surface area contributed by atoms with Crippen molar-refractivity contribution in [1.82, 2.24) is 15.1 Å². The maximum absolute atomic E-state index is 4.50. The summed E-state index contributed by atoms with van der Waals surface area (Å²) in [5.74, 6) is 0. The molecule has 96 valence electrons. The van der Waals surface area contributed by atoms with E-state index in [9.17, 15) is 0 Å². The molecular weight excluding hydrogens is 222 g/mol. The van der Waals surface area contributed by atoms with Crippen molar-refractivity contribution in [2.45, 2.75) is 27.3 Å². The van der Waals surface area contributed by atoms with Crippen LogP contribution in [0.4, 0.5) is 0 Å². The van der Waals surface area contributed by atoms with Gasteiger partial charge in [-0.25, -0.2) is 0 Å². The number of benzene rings is 1. The van der Waals surface area contributed by atoms with Gasteiger partial charge >= 0.3 is 0 Å². The smallest absolute Gasteiger partial charge is 0.0972 e. The second-order valence-electron chi connectivity index (χ2n) is 5.74. The number of aryl methyl sites for hydroxylation is 1. The van der Waals surface area contributed by atoms with Crippen LogP contribution >= 0.6 is 0 Å². The molecule has 3 nitrogen and oxygen atoms in total. The maximum atomic E-state index is 4.50. The molecule has 3 heteroatoms. The zero-order valence-corrected chi connectivity index (χ0v) is 11.6. The van der Waals surface area contributed by atoms with E-state index in [1.807, 2.05) is 17.9 Å². The van der Waals surface area contributed by atoms with Crippen LogP contribution in [0.1, 0.15) is 26.3 Å². The van der Waals surface area contributed by atoms with Gasteiger partial charge in [-0.3, -0.25) is 4.68 Å². The van der Waals surface area contributed by atoms with Gasteiger partial charge in [-0.1, -0.05) is 45.5 Å². The molecule has 0 unspecified atom stereocenters. The molecule has 1 aromatic heterocycles. The SMILES string of the molecule is C=C(NCc1cccc2cn(C)nc12)C(C)(C)C. The summed E-state index contributed by atoms with van der Waals surface area (Å²) in [5, 5.41) is 9.08. The molecule has 0 aliphatic heterocycles. The van der Waals surface area contributed by atoms with Crippen LogP contribution in [-0.4, -0.2) is 9.78 Å². The number of nitrogens with one attached hydrogen (secondary N) is 1. The van der Waals surface area contributed by atoms with Crippen molar-refractivity contribution in [3.8, 4) is 0 Å². The summed E-state index contributed by atoms with van der Waals surface area (Å²) in [6.45, 7) is 11.3. The summed E-state index contributed by atoms with van der Waals surface area (Å²) in [6, 6.07) is 6.27. The van der Waals surface area contributed by atoms with Crippen LogP contribution in [0.2, 0.25) is 0 Å². The highest BCUT2D eigenvalue weighted by molar-refractivity contribution is 5.81. The third-order valence-corrected chi connectivity index (χ3v) is 3.13. The molecule has 1 N–H and O–H groups in total. The van der Waals surface area contributed by atoms with Crippen molar-refractivity contribution in [3.05, 3.63) is 42.2 Å². The second kappa shape index (κ2) is 4.48. The van der Waals surface area contributed by atoms with Crippen molar-refractivity contribution in [1.29, 1.82) is 0 Å². The molecule has 0 saturated heterocycles. The van der Waals surface area contributed by atoms with Crippen molar-refractivity contribution < 1.29 is 0 Å². The molecule has 2 rings (SSSR count). The summed E-state index contributed by atoms with van der Waals surface area (Å²) < 4.78 is 1.85. The number of rotatable bonds is 3. The minimum absolute atomic E-state index is 0.0814. The molecule has 0 spiro atoms. The van der Waals surface area contributed by atoms with Crippen LogP contribution in [0, 0.1) is 5.41 Å². The average molecular weight is 243 g/mol. The summed E-state index contributed by atoms with van der Waals surface area (Å²) in [5.41, 5.74) is 3.40. The fourth-order valence-corrected chi connectivity index (χ4v) is 1.83. The Kier molecular flexibility index (Phi) is 3.16. The number of hydrogen-bond acceptors (Lipinski definition) is 2. The first-order valence-electron chi connectivity index (χ1n) is 6.22. The lowest BCUT2D eigenvalue weighted by Gasteiger charge is -2.23. The van der Waals surface area contributed by atoms with Crippen LogP contribution in [0.3, 0.4) is 0 Å². The summed E-state index contributed by atoms with van der Waals surface area (Å²) in [7, 11) is 1.95. The minimum Gasteiger partial charge on any atom is -0.384 e. The molecule has 0 atom stereocenters. The average Bonchev–Trinajstić information content (AvgIpc) is 2.65. The maximum Gasteiger partial charge on any atom is 0.0972 e. The van der Waals surface area contributed by atoms with Gasteiger partial charge in [-0.15, -0.1) is 0 Å². The molecule has 0 radical (unpaired) electrons. The number of allylic oxidation sites excluding steroid dienone is 1. The largest absolute Gasteiger partial charge is 0.384 e. The van der Waals surface area contributed by atoms with Gasteiger partial charge < -0.3 is 5.32 Å². The molecule has 1 heterocycles. The van der Waals surface area contributed by atoms with Gasteiger partial charge in [0.05, 0.1) is 5.52 Å². The first-order chi connectivity index (χ1) is 8.38. The molecule has 0 bridgehead atoms. The highest BCUT2D eigenvalue weighted by Gasteiger charge is 2.14. The number of fused-ring (bicyclic) bond motifs is 1. The van der Waals surface area contributed by atoms with Gasteiger partial charge in [0.2, 0.25) is 0 Å². The van der Waals surface area contributed by atoms with Gasteiger partial charge in [-0.2, -0.15) is 5.10 Å². The zero-order valence-electron chi connectivity index (χ0n) is 11.6. The molecule has 0 amide bonds. The molecule has 18 heavy (non-hydrogen) atoms. The van der Waals surface area contributed by atoms with Crippen molar-refractivity contribution in [3.63, 3.8) is 0 Å². The topological polar surface area (TPSA) is 29.9 Å². The Morgan fingerprint density at radius 3 is 2.78 bits per heavy atom. The van der Waals surface area contributed by atoms with Crippen molar-refractivity contribution in [2.24, 2.45) is 12.5 Å². The summed E-state index contributed by atoms with van der Waals surface area (Å²) in [4.78, 5) is 0. The van der Waals surface area contributed by atoms with E-state index in [1.165, 1.54) is 10.9 Å². The van der Waals surface area contributed by atoms with Gasteiger partial charge in [0.15, 0.2) is 0 Å². The molecule has 0 aliphatic carbocycles. The van der Waals surface area contributed by atoms with E-state index in [0.717, 1.165) is 17.8 Å². The standard InChI is InChI=1S/C15H21N3/c1-11(15(2,3)4)16-9-12-7-6-8-13-10-18(5)17-14(12)13/h6-8,10,16H,1,9H2,2-5H3. The molecule has 2 aromatic rings. The Labute approximate surface area is 109 Å². The van der Waals surface area contributed by atoms with Gasteiger partial charge in [0.25, 0.3) is 0 Å². The number of hydrogen-bond donors (Lipinski definition) is 1. The predicted octanol–water partition coefficient (Wildman–Crippen LogP) is 3.22. The monoisotopic (exact) mass is 243 g/mol. The highest BCUT2D eigenvalue weighted by Crippen LogP contribution is 2.22. The van der Waals surface area contributed by atoms with Crippen LogP contribution in [0.25, 0.3) is 10.9 Å². The molecular formula is C15H21N3. The number of nitrogens with zero attached hydrogens (tertiary/aromatic N) is 2. The predicted molar refractivity (Wildman–Crippen MR) is 76.1 cm³/mol. The normalized spacial score (nSPS) is 11.8. The van der Waals surface area contributed by atoms with Crippen molar-refractivity contribution >= 4 is 10.9 Å². The Morgan fingerprint density at radius 2 is 2.11 bits per heavy atom. The lowest BCUT2D eigenvalue weighted by atomic mass is 9.93. The van der Waals surface area contributed by atoms with E-state index >= 15 is 0 Å². The van der Waals surface area contributed by atoms with Gasteiger partial charge in [0.1, 0.15) is 0 Å². The Balaban J connectivity index is 2.20. The first kappa shape index (κ1) is 12.7. The van der Waals surface area contributed by atoms with Crippen LogP contribution in [-0.2, 0) is 13.6 Å². The Morgan fingerprint density at radius 1 is 1.39 bits per heavy atom. The van der Waals surface area contributed by atoms with E-state index in [4.69, 9.17) is 0 Å². The molecule has 0 fully saturated rings. The van der Waals surface area contributed by atoms with Crippen LogP contribution in [0.5, 0.6) is 0 Å². The lowest BCUT2D eigenvalue weighted by molar-refractivity contribution is 0.461. The van der Waals surface area contributed by atoms with E-state index in [-0.39, 0.29) is 5.41 Å². The van der Waals surface area contributed by atoms with E-state index in [1.54, 1.807) is 0 Å². The fourth-order valence-electron chi connectivity index (χ4n) is 1.83. The first-order valence-corrected chi connectivity index (χ1v) is 6.22. The Hall–Kier alpha value is -1.77. The Bertz CT molecular complexity index is 573.